The van der Waals surface area contributed by atoms with Crippen molar-refractivity contribution in [3.8, 4) is 67.7 Å². The molecule has 25 nitrogen and oxygen atoms in total. The minimum absolute atomic E-state index is 0.149. The molecule has 0 aliphatic rings. The second-order valence-corrected chi connectivity index (χ2v) is 33.5. The number of aliphatic carboxylic acids is 4. The third-order valence-electron chi connectivity index (χ3n) is 23.3. The van der Waals surface area contributed by atoms with Gasteiger partial charge in [-0.3, -0.25) is 53.4 Å². The Labute approximate surface area is 817 Å². The first-order valence-electron chi connectivity index (χ1n) is 50.0. The number of ether oxygens (including phenoxy) is 4. The SMILES string of the molecule is [2H]C(c1ccccc1OCCCCCC(=O)O)N(C(=O)c1ccc(-c2cccnc2)cc1)C(C)CC.[2H]C(c1ccccc1OCCCCCC(=O)O)N(C(=O)c1ccc(-c2ccco2)cc1)C(C)CC.[2H]C(c1ccccc1OCCCCCC(=O)O)N(C(=O)c1ccc(-c2ccncc2)cc1)C(C)CC.[2H]C(c1ccccc1OCCCCCC(=O)O)N(C(=O)c1ccc(-c2cn[nH]c2)cc1)C(C)CC. The molecule has 4 heterocycles. The Balaban J connectivity index is 0.000000211. The molecule has 0 fully saturated rings. The van der Waals surface area contributed by atoms with Gasteiger partial charge in [-0.2, -0.15) is 5.10 Å². The number of furan rings is 1. The van der Waals surface area contributed by atoms with E-state index in [1.807, 2.05) is 237 Å². The summed E-state index contributed by atoms with van der Waals surface area (Å²) in [6.07, 6.45) is 23.9. The maximum atomic E-state index is 13.6. The van der Waals surface area contributed by atoms with E-state index in [2.05, 4.69) is 20.2 Å². The Morgan fingerprint density at radius 3 is 0.891 bits per heavy atom. The minimum Gasteiger partial charge on any atom is -0.493 e. The number of rotatable bonds is 52. The van der Waals surface area contributed by atoms with Crippen molar-refractivity contribution in [1.29, 1.82) is 0 Å². The Bertz CT molecular complexity index is 5480. The van der Waals surface area contributed by atoms with Crippen LogP contribution >= 0.6 is 0 Å². The van der Waals surface area contributed by atoms with Crippen LogP contribution in [0.5, 0.6) is 23.0 Å². The molecule has 0 spiro atoms. The highest BCUT2D eigenvalue weighted by Gasteiger charge is 2.28. The molecule has 0 radical (unpaired) electrons. The standard InChI is InChI=1S/2C29H34N2O4.C28H33NO5.C27H33N3O4/c1-3-22(2)31(29(34)24-16-14-23(15-17-24)25-11-9-18-30-20-25)21-26-10-6-7-12-27(26)35-19-8-4-5-13-28(32)33;1-3-22(2)31(29(34)25-14-12-23(13-15-25)24-16-18-30-19-17-24)21-26-9-6-7-10-27(26)35-20-8-4-5-11-28(32)33;1-3-21(2)29(28(32)23-16-14-22(15-17-23)25-12-9-19-34-25)20-24-10-6-7-11-26(24)33-18-8-4-5-13-27(30)31;1-3-20(2)30(27(33)22-14-12-21(13-15-22)24-17-28-29-18-24)19-23-9-6-7-10-25(23)34-16-8-4-5-11-26(31)32/h6-7,9-12,14-18,20,22H,3-5,8,13,19,21H2,1-2H3,(H,32,33);6-7,9-10,12-19,22H,3-5,8,11,20-21H2,1-2H3,(H,32,33);6-7,9-12,14-17,19,21H,3-5,8,13,18,20H2,1-2H3,(H,30,31);6-7,9-10,12-15,17-18,20H,3-5,8,11,16,19H2,1-2H3,(H,28,29)(H,31,32)/i2*21D;20D;19D. The van der Waals surface area contributed by atoms with Crippen LogP contribution < -0.4 is 18.9 Å². The van der Waals surface area contributed by atoms with Gasteiger partial charge < -0.3 is 63.4 Å². The molecule has 0 aliphatic carbocycles. The lowest BCUT2D eigenvalue weighted by Gasteiger charge is -2.29. The van der Waals surface area contributed by atoms with Crippen LogP contribution in [-0.2, 0) is 45.3 Å². The molecule has 0 saturated carbocycles. The summed E-state index contributed by atoms with van der Waals surface area (Å²) < 4.78 is 65.4. The van der Waals surface area contributed by atoms with Crippen LogP contribution in [0.3, 0.4) is 0 Å². The van der Waals surface area contributed by atoms with Gasteiger partial charge in [0.1, 0.15) is 28.8 Å². The largest absolute Gasteiger partial charge is 0.493 e. The summed E-state index contributed by atoms with van der Waals surface area (Å²) in [4.78, 5) is 112. The number of nitrogens with zero attached hydrogens (tertiary/aromatic N) is 7. The molecule has 728 valence electrons. The van der Waals surface area contributed by atoms with E-state index in [0.717, 1.165) is 96.1 Å². The number of carbonyl (C=O) groups excluding carboxylic acids is 4. The van der Waals surface area contributed by atoms with Crippen LogP contribution in [0, 0.1) is 0 Å². The molecule has 25 heteroatoms. The van der Waals surface area contributed by atoms with Gasteiger partial charge in [-0.1, -0.05) is 155 Å². The molecule has 12 aromatic rings. The molecule has 0 saturated heterocycles. The maximum Gasteiger partial charge on any atom is 0.303 e. The number of amides is 4. The number of pyridine rings is 2. The van der Waals surface area contributed by atoms with Gasteiger partial charge in [0.2, 0.25) is 0 Å². The van der Waals surface area contributed by atoms with Crippen LogP contribution in [0.25, 0.3) is 44.7 Å². The number of aromatic nitrogens is 4. The number of benzene rings is 8. The fraction of sp³-hybridized carbons (Fsp3) is 0.354. The summed E-state index contributed by atoms with van der Waals surface area (Å²) in [6.45, 7) is 13.8. The summed E-state index contributed by atoms with van der Waals surface area (Å²) in [5, 5.41) is 41.8. The van der Waals surface area contributed by atoms with Gasteiger partial charge in [0.05, 0.1) is 44.4 Å². The summed E-state index contributed by atoms with van der Waals surface area (Å²) in [7, 11) is 0. The smallest absolute Gasteiger partial charge is 0.303 e. The van der Waals surface area contributed by atoms with E-state index >= 15 is 0 Å². The van der Waals surface area contributed by atoms with Crippen LogP contribution in [-0.4, -0.2) is 158 Å². The van der Waals surface area contributed by atoms with Gasteiger partial charge in [-0.15, -0.1) is 0 Å². The van der Waals surface area contributed by atoms with Crippen molar-refractivity contribution in [3.63, 3.8) is 0 Å². The van der Waals surface area contributed by atoms with Crippen LogP contribution in [0.2, 0.25) is 0 Å². The Kier molecular flexibility index (Phi) is 43.0. The van der Waals surface area contributed by atoms with Crippen molar-refractivity contribution < 1.29 is 87.6 Å². The van der Waals surface area contributed by atoms with Crippen molar-refractivity contribution in [3.05, 3.63) is 318 Å². The third kappa shape index (κ3) is 35.3. The first-order chi connectivity index (χ1) is 68.7. The Morgan fingerprint density at radius 1 is 0.319 bits per heavy atom. The van der Waals surface area contributed by atoms with Gasteiger partial charge in [0, 0.05) is 163 Å². The van der Waals surface area contributed by atoms with E-state index in [9.17, 15) is 38.4 Å². The van der Waals surface area contributed by atoms with Crippen molar-refractivity contribution in [1.82, 2.24) is 39.8 Å². The molecule has 4 aromatic heterocycles. The van der Waals surface area contributed by atoms with E-state index in [4.69, 9.17) is 49.3 Å². The number of H-pyrrole nitrogens is 1. The molecule has 0 aliphatic heterocycles. The van der Waals surface area contributed by atoms with Crippen molar-refractivity contribution in [2.45, 2.75) is 234 Å². The van der Waals surface area contributed by atoms with Crippen molar-refractivity contribution in [2.24, 2.45) is 0 Å². The molecule has 4 amide bonds. The zero-order valence-corrected chi connectivity index (χ0v) is 80.3. The Morgan fingerprint density at radius 2 is 0.616 bits per heavy atom. The number of unbranched alkanes of at least 4 members (excludes halogenated alkanes) is 8. The lowest BCUT2D eigenvalue weighted by molar-refractivity contribution is -0.138. The number of hydrogen-bond acceptors (Lipinski definition) is 16. The quantitative estimate of drug-likeness (QED) is 0.0221. The van der Waals surface area contributed by atoms with E-state index < -0.39 is 50.0 Å². The first-order valence-corrected chi connectivity index (χ1v) is 47.7. The van der Waals surface area contributed by atoms with Crippen molar-refractivity contribution in [2.75, 3.05) is 26.4 Å². The molecular weight excluding hydrogens is 1740 g/mol. The van der Waals surface area contributed by atoms with E-state index in [-0.39, 0.29) is 73.5 Å². The third-order valence-corrected chi connectivity index (χ3v) is 23.3. The summed E-state index contributed by atoms with van der Waals surface area (Å²) >= 11 is 0. The lowest BCUT2D eigenvalue weighted by atomic mass is 10.0. The molecular formula is C113H134N8O17. The van der Waals surface area contributed by atoms with Gasteiger partial charge in [-0.25, -0.2) is 0 Å². The summed E-state index contributed by atoms with van der Waals surface area (Å²) in [5.41, 5.74) is 11.3. The zero-order chi connectivity index (χ0) is 102. The van der Waals surface area contributed by atoms with Gasteiger partial charge >= 0.3 is 23.9 Å². The molecule has 138 heavy (non-hydrogen) atoms. The second-order valence-electron chi connectivity index (χ2n) is 33.5. The number of carbonyl (C=O) groups is 8. The highest BCUT2D eigenvalue weighted by Crippen LogP contribution is 2.32. The van der Waals surface area contributed by atoms with E-state index in [1.165, 1.54) is 0 Å². The summed E-state index contributed by atoms with van der Waals surface area (Å²) in [5.74, 6) is -0.973. The zero-order valence-electron chi connectivity index (χ0n) is 84.3. The van der Waals surface area contributed by atoms with Crippen LogP contribution in [0.1, 0.15) is 253 Å². The topological polar surface area (TPSA) is 335 Å². The number of carboxylic acid groups (broad SMARTS) is 4. The average Bonchev–Trinajstić information content (AvgIpc) is 1.07. The maximum absolute atomic E-state index is 13.6. The number of carboxylic acids is 4. The van der Waals surface area contributed by atoms with E-state index in [0.29, 0.717) is 145 Å². The molecule has 0 bridgehead atoms. The number of aromatic amines is 1. The molecule has 8 atom stereocenters. The number of hydrogen-bond donors (Lipinski definition) is 5. The highest BCUT2D eigenvalue weighted by atomic mass is 16.5. The summed E-state index contributed by atoms with van der Waals surface area (Å²) in [6, 6.07) is 69.5. The molecule has 12 rings (SSSR count). The van der Waals surface area contributed by atoms with Crippen LogP contribution in [0.4, 0.5) is 0 Å². The normalized spacial score (nSPS) is 13.0. The highest BCUT2D eigenvalue weighted by molar-refractivity contribution is 5.97. The lowest BCUT2D eigenvalue weighted by Crippen LogP contribution is -2.37. The predicted molar refractivity (Wildman–Crippen MR) is 538 cm³/mol. The van der Waals surface area contributed by atoms with Gasteiger partial charge in [0.25, 0.3) is 23.6 Å². The second kappa shape index (κ2) is 58.7. The Hall–Kier alpha value is -14.5. The fourth-order valence-electron chi connectivity index (χ4n) is 14.5. The van der Waals surface area contributed by atoms with Gasteiger partial charge in [-0.05, 0) is 261 Å². The monoisotopic (exact) mass is 1880 g/mol. The predicted octanol–water partition coefficient (Wildman–Crippen LogP) is 24.4. The average molecular weight is 1880 g/mol. The number of nitrogens with one attached hydrogen (secondary N) is 1. The van der Waals surface area contributed by atoms with E-state index in [1.54, 1.807) is 112 Å². The molecule has 5 N–H and O–H groups in total. The molecule has 8 aromatic carbocycles. The van der Waals surface area contributed by atoms with Crippen LogP contribution in [0.15, 0.2) is 278 Å². The van der Waals surface area contributed by atoms with Gasteiger partial charge in [0.15, 0.2) is 0 Å². The number of para-hydroxylation sites is 4. The van der Waals surface area contributed by atoms with Crippen molar-refractivity contribution >= 4 is 47.5 Å². The minimum atomic E-state index is -0.939. The molecule has 8 unspecified atom stereocenters. The first kappa shape index (κ1) is 101. The fourth-order valence-corrected chi connectivity index (χ4v) is 14.5.